The number of fused-ring (bicyclic) bond motifs is 1. The lowest BCUT2D eigenvalue weighted by Gasteiger charge is -2.26. The maximum atomic E-state index is 12.2. The van der Waals surface area contributed by atoms with Gasteiger partial charge in [0.1, 0.15) is 0 Å². The van der Waals surface area contributed by atoms with E-state index in [2.05, 4.69) is 18.0 Å². The molecule has 6 heteroatoms. The third kappa shape index (κ3) is 2.87. The van der Waals surface area contributed by atoms with Crippen molar-refractivity contribution in [2.24, 2.45) is 0 Å². The minimum atomic E-state index is 0.170. The smallest absolute Gasteiger partial charge is 0.224 e. The summed E-state index contributed by atoms with van der Waals surface area (Å²) >= 11 is 5.38. The van der Waals surface area contributed by atoms with E-state index in [-0.39, 0.29) is 5.91 Å². The number of H-pyrrole nitrogens is 1. The monoisotopic (exact) mass is 305 g/mol. The largest absolute Gasteiger partial charge is 0.378 e. The number of aromatic amines is 1. The third-order valence-electron chi connectivity index (χ3n) is 3.91. The quantitative estimate of drug-likeness (QED) is 0.885. The van der Waals surface area contributed by atoms with Crippen molar-refractivity contribution >= 4 is 29.2 Å². The van der Waals surface area contributed by atoms with Crippen LogP contribution in [0.2, 0.25) is 0 Å². The fraction of sp³-hybridized carbons (Fsp3) is 0.467. The predicted molar refractivity (Wildman–Crippen MR) is 83.9 cm³/mol. The van der Waals surface area contributed by atoms with Crippen molar-refractivity contribution in [2.75, 3.05) is 26.3 Å². The summed E-state index contributed by atoms with van der Waals surface area (Å²) in [6.07, 6.45) is 0.468. The molecular formula is C15H19N3O2S. The topological polar surface area (TPSA) is 50.3 Å². The van der Waals surface area contributed by atoms with Gasteiger partial charge in [0.05, 0.1) is 24.2 Å². The summed E-state index contributed by atoms with van der Waals surface area (Å²) in [5.41, 5.74) is 3.29. The Kier molecular flexibility index (Phi) is 4.07. The first kappa shape index (κ1) is 14.3. The molecule has 0 aliphatic carbocycles. The van der Waals surface area contributed by atoms with Crippen molar-refractivity contribution in [1.82, 2.24) is 14.5 Å². The van der Waals surface area contributed by atoms with Gasteiger partial charge in [-0.05, 0) is 30.8 Å². The van der Waals surface area contributed by atoms with Crippen LogP contribution >= 0.6 is 12.2 Å². The van der Waals surface area contributed by atoms with Gasteiger partial charge in [0.2, 0.25) is 5.91 Å². The van der Waals surface area contributed by atoms with Crippen LogP contribution in [0.3, 0.4) is 0 Å². The highest BCUT2D eigenvalue weighted by Gasteiger charge is 2.17. The Labute approximate surface area is 128 Å². The van der Waals surface area contributed by atoms with Crippen LogP contribution < -0.4 is 0 Å². The second kappa shape index (κ2) is 5.99. The van der Waals surface area contributed by atoms with Crippen LogP contribution in [-0.4, -0.2) is 46.7 Å². The molecule has 1 aromatic carbocycles. The van der Waals surface area contributed by atoms with E-state index >= 15 is 0 Å². The first-order valence-corrected chi connectivity index (χ1v) is 7.61. The van der Waals surface area contributed by atoms with Crippen molar-refractivity contribution < 1.29 is 9.53 Å². The van der Waals surface area contributed by atoms with Crippen LogP contribution in [0.4, 0.5) is 0 Å². The van der Waals surface area contributed by atoms with E-state index in [0.717, 1.165) is 11.0 Å². The Morgan fingerprint density at radius 3 is 2.90 bits per heavy atom. The maximum Gasteiger partial charge on any atom is 0.224 e. The van der Waals surface area contributed by atoms with E-state index in [9.17, 15) is 4.79 Å². The average Bonchev–Trinajstić information content (AvgIpc) is 2.82. The molecule has 1 aliphatic heterocycles. The molecule has 1 fully saturated rings. The second-order valence-electron chi connectivity index (χ2n) is 5.30. The van der Waals surface area contributed by atoms with Crippen LogP contribution in [0.25, 0.3) is 11.0 Å². The van der Waals surface area contributed by atoms with Gasteiger partial charge < -0.3 is 19.2 Å². The van der Waals surface area contributed by atoms with E-state index in [1.54, 1.807) is 0 Å². The number of morpholine rings is 1. The van der Waals surface area contributed by atoms with E-state index in [4.69, 9.17) is 17.0 Å². The summed E-state index contributed by atoms with van der Waals surface area (Å²) in [7, 11) is 0. The predicted octanol–water partition coefficient (Wildman–Crippen LogP) is 2.26. The molecule has 2 aromatic rings. The Hall–Kier alpha value is -1.66. The van der Waals surface area contributed by atoms with Crippen LogP contribution in [0.5, 0.6) is 0 Å². The Bertz CT molecular complexity index is 713. The van der Waals surface area contributed by atoms with Gasteiger partial charge in [-0.15, -0.1) is 0 Å². The zero-order valence-corrected chi connectivity index (χ0v) is 12.9. The summed E-state index contributed by atoms with van der Waals surface area (Å²) in [6.45, 7) is 5.33. The van der Waals surface area contributed by atoms with Gasteiger partial charge in [-0.1, -0.05) is 12.1 Å². The van der Waals surface area contributed by atoms with Crippen LogP contribution in [-0.2, 0) is 16.1 Å². The highest BCUT2D eigenvalue weighted by Crippen LogP contribution is 2.18. The summed E-state index contributed by atoms with van der Waals surface area (Å²) in [4.78, 5) is 17.3. The van der Waals surface area contributed by atoms with Crippen molar-refractivity contribution in [1.29, 1.82) is 0 Å². The van der Waals surface area contributed by atoms with Gasteiger partial charge >= 0.3 is 0 Å². The molecule has 2 heterocycles. The molecule has 0 spiro atoms. The molecule has 21 heavy (non-hydrogen) atoms. The molecule has 1 aliphatic rings. The lowest BCUT2D eigenvalue weighted by molar-refractivity contribution is -0.135. The molecule has 1 amide bonds. The zero-order chi connectivity index (χ0) is 14.8. The number of para-hydroxylation sites is 1. The number of carbonyl (C=O) groups is 1. The van der Waals surface area contributed by atoms with E-state index in [1.807, 2.05) is 21.6 Å². The lowest BCUT2D eigenvalue weighted by Crippen LogP contribution is -2.40. The number of benzene rings is 1. The fourth-order valence-corrected chi connectivity index (χ4v) is 3.09. The van der Waals surface area contributed by atoms with Gasteiger partial charge in [0.15, 0.2) is 4.77 Å². The molecule has 0 bridgehead atoms. The standard InChI is InChI=1S/C15H19N3O2S/c1-11-3-2-4-12-14(11)18(15(21)16-12)6-5-13(19)17-7-9-20-10-8-17/h2-4H,5-10H2,1H3,(H,16,21). The molecule has 1 aromatic heterocycles. The number of hydrogen-bond donors (Lipinski definition) is 1. The summed E-state index contributed by atoms with van der Waals surface area (Å²) in [6, 6.07) is 6.08. The van der Waals surface area contributed by atoms with Crippen LogP contribution in [0.1, 0.15) is 12.0 Å². The molecule has 0 unspecified atom stereocenters. The summed E-state index contributed by atoms with van der Waals surface area (Å²) in [5.74, 6) is 0.170. The zero-order valence-electron chi connectivity index (χ0n) is 12.1. The van der Waals surface area contributed by atoms with Gasteiger partial charge in [0, 0.05) is 26.1 Å². The molecule has 1 N–H and O–H groups in total. The molecule has 0 radical (unpaired) electrons. The number of carbonyl (C=O) groups excluding carboxylic acids is 1. The molecule has 5 nitrogen and oxygen atoms in total. The third-order valence-corrected chi connectivity index (χ3v) is 4.23. The minimum absolute atomic E-state index is 0.170. The van der Waals surface area contributed by atoms with Crippen molar-refractivity contribution in [3.05, 3.63) is 28.5 Å². The van der Waals surface area contributed by atoms with Crippen molar-refractivity contribution in [2.45, 2.75) is 19.9 Å². The minimum Gasteiger partial charge on any atom is -0.378 e. The first-order valence-electron chi connectivity index (χ1n) is 7.20. The molecule has 0 atom stereocenters. The SMILES string of the molecule is Cc1cccc2[nH]c(=S)n(CCC(=O)N3CCOCC3)c12. The number of nitrogens with zero attached hydrogens (tertiary/aromatic N) is 2. The highest BCUT2D eigenvalue weighted by molar-refractivity contribution is 7.71. The summed E-state index contributed by atoms with van der Waals surface area (Å²) < 4.78 is 7.97. The van der Waals surface area contributed by atoms with Crippen LogP contribution in [0, 0.1) is 11.7 Å². The van der Waals surface area contributed by atoms with Crippen LogP contribution in [0.15, 0.2) is 18.2 Å². The number of hydrogen-bond acceptors (Lipinski definition) is 3. The molecule has 3 rings (SSSR count). The van der Waals surface area contributed by atoms with E-state index < -0.39 is 0 Å². The number of ether oxygens (including phenoxy) is 1. The number of imidazole rings is 1. The molecule has 112 valence electrons. The van der Waals surface area contributed by atoms with Crippen molar-refractivity contribution in [3.63, 3.8) is 0 Å². The Balaban J connectivity index is 1.77. The van der Waals surface area contributed by atoms with E-state index in [0.29, 0.717) is 44.0 Å². The van der Waals surface area contributed by atoms with Gasteiger partial charge in [-0.3, -0.25) is 4.79 Å². The maximum absolute atomic E-state index is 12.2. The van der Waals surface area contributed by atoms with Crippen molar-refractivity contribution in [3.8, 4) is 0 Å². The molecule has 1 saturated heterocycles. The fourth-order valence-electron chi connectivity index (χ4n) is 2.79. The van der Waals surface area contributed by atoms with E-state index in [1.165, 1.54) is 5.56 Å². The highest BCUT2D eigenvalue weighted by atomic mass is 32.1. The van der Waals surface area contributed by atoms with Gasteiger partial charge in [0.25, 0.3) is 0 Å². The normalized spacial score (nSPS) is 15.6. The second-order valence-corrected chi connectivity index (χ2v) is 5.68. The number of nitrogens with one attached hydrogen (secondary N) is 1. The average molecular weight is 305 g/mol. The lowest BCUT2D eigenvalue weighted by atomic mass is 10.2. The Morgan fingerprint density at radius 1 is 1.38 bits per heavy atom. The summed E-state index contributed by atoms with van der Waals surface area (Å²) in [5, 5.41) is 0. The number of aryl methyl sites for hydroxylation is 2. The molecular weight excluding hydrogens is 286 g/mol. The van der Waals surface area contributed by atoms with Gasteiger partial charge in [-0.2, -0.15) is 0 Å². The first-order chi connectivity index (χ1) is 10.2. The number of amides is 1. The Morgan fingerprint density at radius 2 is 2.14 bits per heavy atom. The number of aromatic nitrogens is 2. The van der Waals surface area contributed by atoms with Gasteiger partial charge in [-0.25, -0.2) is 0 Å². The molecule has 0 saturated carbocycles. The number of rotatable bonds is 3.